The molecule has 0 aliphatic rings. The summed E-state index contributed by atoms with van der Waals surface area (Å²) in [5.74, 6) is 0.159. The van der Waals surface area contributed by atoms with Crippen LogP contribution in [0.15, 0.2) is 42.6 Å². The molecular weight excluding hydrogens is 242 g/mol. The number of anilines is 3. The maximum atomic E-state index is 11.5. The molecule has 0 bridgehead atoms. The van der Waals surface area contributed by atoms with Crippen LogP contribution >= 0.6 is 0 Å². The molecule has 0 atom stereocenters. The lowest BCUT2D eigenvalue weighted by atomic mass is 10.2. The van der Waals surface area contributed by atoms with E-state index in [1.807, 2.05) is 18.2 Å². The van der Waals surface area contributed by atoms with Crippen LogP contribution in [0, 0.1) is 0 Å². The van der Waals surface area contributed by atoms with E-state index in [1.165, 1.54) is 0 Å². The second-order valence-corrected chi connectivity index (χ2v) is 3.89. The summed E-state index contributed by atoms with van der Waals surface area (Å²) in [6, 6.07) is 10.6. The summed E-state index contributed by atoms with van der Waals surface area (Å²) < 4.78 is 4.92. The first-order chi connectivity index (χ1) is 9.19. The summed E-state index contributed by atoms with van der Waals surface area (Å²) in [5.41, 5.74) is 7.73. The molecule has 19 heavy (non-hydrogen) atoms. The molecule has 0 radical (unpaired) electrons. The van der Waals surface area contributed by atoms with Crippen LogP contribution in [-0.4, -0.2) is 17.6 Å². The molecule has 0 aliphatic carbocycles. The maximum absolute atomic E-state index is 11.5. The summed E-state index contributed by atoms with van der Waals surface area (Å²) in [6.07, 6.45) is 1.65. The molecule has 0 aliphatic heterocycles. The van der Waals surface area contributed by atoms with Crippen molar-refractivity contribution in [2.45, 2.75) is 6.92 Å². The van der Waals surface area contributed by atoms with E-state index in [9.17, 15) is 4.79 Å². The van der Waals surface area contributed by atoms with Crippen molar-refractivity contribution in [1.82, 2.24) is 4.98 Å². The van der Waals surface area contributed by atoms with Gasteiger partial charge in [0.1, 0.15) is 5.82 Å². The molecule has 0 unspecified atom stereocenters. The molecule has 0 fully saturated rings. The van der Waals surface area contributed by atoms with E-state index in [1.54, 1.807) is 31.3 Å². The number of hydrogen-bond acceptors (Lipinski definition) is 5. The first-order valence-electron chi connectivity index (χ1n) is 5.95. The molecule has 1 heterocycles. The number of nitrogens with two attached hydrogens (primary N) is 1. The summed E-state index contributed by atoms with van der Waals surface area (Å²) >= 11 is 0. The fourth-order valence-electron chi connectivity index (χ4n) is 1.55. The lowest BCUT2D eigenvalue weighted by molar-refractivity contribution is 0.0526. The highest BCUT2D eigenvalue weighted by atomic mass is 16.5. The molecule has 5 heteroatoms. The van der Waals surface area contributed by atoms with E-state index in [0.29, 0.717) is 18.0 Å². The quantitative estimate of drug-likeness (QED) is 0.823. The van der Waals surface area contributed by atoms with Gasteiger partial charge in [-0.15, -0.1) is 0 Å². The Bertz CT molecular complexity index is 550. The number of aromatic nitrogens is 1. The number of nitrogens with zero attached hydrogens (tertiary/aromatic N) is 1. The number of ether oxygens (including phenoxy) is 1. The number of carbonyl (C=O) groups excluding carboxylic acids is 1. The molecular formula is C14H15N3O2. The van der Waals surface area contributed by atoms with Crippen molar-refractivity contribution in [3.63, 3.8) is 0 Å². The van der Waals surface area contributed by atoms with Gasteiger partial charge in [0, 0.05) is 5.69 Å². The predicted octanol–water partition coefficient (Wildman–Crippen LogP) is 2.58. The summed E-state index contributed by atoms with van der Waals surface area (Å²) in [5, 5.41) is 3.16. The van der Waals surface area contributed by atoms with E-state index in [2.05, 4.69) is 10.3 Å². The van der Waals surface area contributed by atoms with Gasteiger partial charge in [-0.05, 0) is 43.3 Å². The Morgan fingerprint density at radius 3 is 2.47 bits per heavy atom. The van der Waals surface area contributed by atoms with Crippen molar-refractivity contribution in [1.29, 1.82) is 0 Å². The number of hydrogen-bond donors (Lipinski definition) is 2. The predicted molar refractivity (Wildman–Crippen MR) is 74.3 cm³/mol. The number of nitrogens with one attached hydrogen (secondary N) is 1. The molecule has 1 aromatic heterocycles. The molecule has 5 nitrogen and oxygen atoms in total. The Labute approximate surface area is 111 Å². The van der Waals surface area contributed by atoms with Crippen molar-refractivity contribution in [3.8, 4) is 0 Å². The van der Waals surface area contributed by atoms with Crippen molar-refractivity contribution < 1.29 is 9.53 Å². The minimum atomic E-state index is -0.316. The Morgan fingerprint density at radius 1 is 1.21 bits per heavy atom. The van der Waals surface area contributed by atoms with Gasteiger partial charge in [-0.1, -0.05) is 0 Å². The minimum absolute atomic E-state index is 0.316. The molecule has 98 valence electrons. The first kappa shape index (κ1) is 12.9. The molecule has 3 N–H and O–H groups in total. The van der Waals surface area contributed by atoms with E-state index < -0.39 is 0 Å². The van der Waals surface area contributed by atoms with Crippen LogP contribution in [0.4, 0.5) is 17.2 Å². The average molecular weight is 257 g/mol. The van der Waals surface area contributed by atoms with Gasteiger partial charge in [-0.25, -0.2) is 9.78 Å². The third kappa shape index (κ3) is 3.45. The van der Waals surface area contributed by atoms with Crippen LogP contribution in [0.3, 0.4) is 0 Å². The first-order valence-corrected chi connectivity index (χ1v) is 5.95. The smallest absolute Gasteiger partial charge is 0.338 e. The SMILES string of the molecule is CCOC(=O)c1ccc(Nc2ccc(N)nc2)cc1. The van der Waals surface area contributed by atoms with Gasteiger partial charge >= 0.3 is 5.97 Å². The fourth-order valence-corrected chi connectivity index (χ4v) is 1.55. The van der Waals surface area contributed by atoms with Gasteiger partial charge in [0.25, 0.3) is 0 Å². The number of nitrogen functional groups attached to an aromatic ring is 1. The Kier molecular flexibility index (Phi) is 3.97. The molecule has 2 rings (SSSR count). The molecule has 0 saturated heterocycles. The molecule has 2 aromatic rings. The number of carbonyl (C=O) groups is 1. The van der Waals surface area contributed by atoms with Gasteiger partial charge in [-0.3, -0.25) is 0 Å². The van der Waals surface area contributed by atoms with Gasteiger partial charge in [0.15, 0.2) is 0 Å². The maximum Gasteiger partial charge on any atom is 0.338 e. The third-order valence-corrected chi connectivity index (χ3v) is 2.47. The minimum Gasteiger partial charge on any atom is -0.462 e. The fraction of sp³-hybridized carbons (Fsp3) is 0.143. The number of esters is 1. The van der Waals surface area contributed by atoms with Crippen LogP contribution < -0.4 is 11.1 Å². The van der Waals surface area contributed by atoms with Gasteiger partial charge < -0.3 is 15.8 Å². The highest BCUT2D eigenvalue weighted by Crippen LogP contribution is 2.17. The lowest BCUT2D eigenvalue weighted by Crippen LogP contribution is -2.04. The second kappa shape index (κ2) is 5.86. The largest absolute Gasteiger partial charge is 0.462 e. The number of benzene rings is 1. The highest BCUT2D eigenvalue weighted by molar-refractivity contribution is 5.89. The standard InChI is InChI=1S/C14H15N3O2/c1-2-19-14(18)10-3-5-11(6-4-10)17-12-7-8-13(15)16-9-12/h3-9,17H,2H2,1H3,(H2,15,16). The van der Waals surface area contributed by atoms with Gasteiger partial charge in [0.05, 0.1) is 24.1 Å². The monoisotopic (exact) mass is 257 g/mol. The van der Waals surface area contributed by atoms with E-state index >= 15 is 0 Å². The van der Waals surface area contributed by atoms with E-state index in [4.69, 9.17) is 10.5 Å². The normalized spacial score (nSPS) is 9.95. The Morgan fingerprint density at radius 2 is 1.89 bits per heavy atom. The van der Waals surface area contributed by atoms with Crippen molar-refractivity contribution in [2.75, 3.05) is 17.7 Å². The zero-order valence-electron chi connectivity index (χ0n) is 10.6. The van der Waals surface area contributed by atoms with Crippen molar-refractivity contribution >= 4 is 23.2 Å². The van der Waals surface area contributed by atoms with Crippen LogP contribution in [-0.2, 0) is 4.74 Å². The highest BCUT2D eigenvalue weighted by Gasteiger charge is 2.05. The third-order valence-electron chi connectivity index (χ3n) is 2.47. The Hall–Kier alpha value is -2.56. The lowest BCUT2D eigenvalue weighted by Gasteiger charge is -2.07. The Balaban J connectivity index is 2.06. The summed E-state index contributed by atoms with van der Waals surface area (Å²) in [4.78, 5) is 15.5. The number of rotatable bonds is 4. The number of pyridine rings is 1. The average Bonchev–Trinajstić information content (AvgIpc) is 2.42. The van der Waals surface area contributed by atoms with Crippen LogP contribution in [0.5, 0.6) is 0 Å². The van der Waals surface area contributed by atoms with Crippen molar-refractivity contribution in [3.05, 3.63) is 48.2 Å². The zero-order valence-corrected chi connectivity index (χ0v) is 10.6. The molecule has 1 aromatic carbocycles. The molecule has 0 amide bonds. The van der Waals surface area contributed by atoms with Gasteiger partial charge in [0.2, 0.25) is 0 Å². The zero-order chi connectivity index (χ0) is 13.7. The summed E-state index contributed by atoms with van der Waals surface area (Å²) in [6.45, 7) is 2.15. The summed E-state index contributed by atoms with van der Waals surface area (Å²) in [7, 11) is 0. The van der Waals surface area contributed by atoms with Gasteiger partial charge in [-0.2, -0.15) is 0 Å². The van der Waals surface area contributed by atoms with Crippen LogP contribution in [0.1, 0.15) is 17.3 Å². The van der Waals surface area contributed by atoms with Crippen LogP contribution in [0.25, 0.3) is 0 Å². The van der Waals surface area contributed by atoms with Crippen LogP contribution in [0.2, 0.25) is 0 Å². The molecule has 0 saturated carbocycles. The molecule has 0 spiro atoms. The topological polar surface area (TPSA) is 77.2 Å². The van der Waals surface area contributed by atoms with E-state index in [-0.39, 0.29) is 5.97 Å². The van der Waals surface area contributed by atoms with E-state index in [0.717, 1.165) is 11.4 Å². The second-order valence-electron chi connectivity index (χ2n) is 3.89. The van der Waals surface area contributed by atoms with Crippen molar-refractivity contribution in [2.24, 2.45) is 0 Å².